The van der Waals surface area contributed by atoms with Gasteiger partial charge in [-0.15, -0.1) is 0 Å². The molecule has 1 aliphatic heterocycles. The van der Waals surface area contributed by atoms with Gasteiger partial charge in [-0.05, 0) is 30.2 Å². The Morgan fingerprint density at radius 3 is 2.86 bits per heavy atom. The van der Waals surface area contributed by atoms with E-state index >= 15 is 0 Å². The molecule has 0 unspecified atom stereocenters. The van der Waals surface area contributed by atoms with E-state index < -0.39 is 11.9 Å². The summed E-state index contributed by atoms with van der Waals surface area (Å²) < 4.78 is 21.9. The van der Waals surface area contributed by atoms with E-state index in [0.717, 1.165) is 22.6 Å². The lowest BCUT2D eigenvalue weighted by molar-refractivity contribution is 0.0717. The molecule has 7 heteroatoms. The maximum absolute atomic E-state index is 14.7. The molecule has 4 heterocycles. The Hall–Kier alpha value is -3.48. The average Bonchev–Trinajstić information content (AvgIpc) is 3.27. The summed E-state index contributed by atoms with van der Waals surface area (Å²) in [6.07, 6.45) is 2.74. The molecule has 0 saturated carbocycles. The Balaban J connectivity index is 1.38. The Bertz CT molecular complexity index is 1210. The van der Waals surface area contributed by atoms with Crippen molar-refractivity contribution in [3.05, 3.63) is 88.8 Å². The highest BCUT2D eigenvalue weighted by molar-refractivity contribution is 5.93. The topological polar surface area (TPSA) is 63.6 Å². The van der Waals surface area contributed by atoms with Gasteiger partial charge in [0, 0.05) is 25.6 Å². The van der Waals surface area contributed by atoms with Crippen LogP contribution in [-0.2, 0) is 19.4 Å². The molecule has 0 radical (unpaired) electrons. The van der Waals surface area contributed by atoms with E-state index in [1.807, 2.05) is 37.3 Å². The quantitative estimate of drug-likeness (QED) is 0.537. The second-order valence-electron chi connectivity index (χ2n) is 7.30. The predicted octanol–water partition coefficient (Wildman–Crippen LogP) is 3.56. The Kier molecular flexibility index (Phi) is 4.16. The number of amides is 1. The molecule has 146 valence electrons. The van der Waals surface area contributed by atoms with Crippen LogP contribution in [0.3, 0.4) is 0 Å². The standard InChI is InChI=1S/C22H19FN4O2/c1-14-7-10-27-18(11-14)25-20(21(27)23)22(28)26-9-8-17-16(13-26)24-19(29-17)12-15-5-3-2-4-6-15/h2-7,10-11H,8-9,12-13H2,1H3. The minimum atomic E-state index is -0.638. The van der Waals surface area contributed by atoms with E-state index in [9.17, 15) is 9.18 Å². The van der Waals surface area contributed by atoms with Gasteiger partial charge in [-0.1, -0.05) is 30.3 Å². The second-order valence-corrected chi connectivity index (χ2v) is 7.30. The Morgan fingerprint density at radius 1 is 1.21 bits per heavy atom. The van der Waals surface area contributed by atoms with Gasteiger partial charge in [0.2, 0.25) is 5.95 Å². The van der Waals surface area contributed by atoms with Crippen molar-refractivity contribution < 1.29 is 13.6 Å². The molecule has 6 nitrogen and oxygen atoms in total. The third kappa shape index (κ3) is 3.18. The van der Waals surface area contributed by atoms with Gasteiger partial charge in [-0.2, -0.15) is 4.39 Å². The molecule has 1 amide bonds. The van der Waals surface area contributed by atoms with Gasteiger partial charge in [0.05, 0.1) is 6.54 Å². The van der Waals surface area contributed by atoms with Gasteiger partial charge < -0.3 is 9.32 Å². The largest absolute Gasteiger partial charge is 0.445 e. The van der Waals surface area contributed by atoms with Crippen molar-refractivity contribution in [2.24, 2.45) is 0 Å². The lowest BCUT2D eigenvalue weighted by atomic mass is 10.1. The lowest BCUT2D eigenvalue weighted by Crippen LogP contribution is -2.36. The highest BCUT2D eigenvalue weighted by Gasteiger charge is 2.30. The molecule has 4 aromatic rings. The van der Waals surface area contributed by atoms with Crippen molar-refractivity contribution >= 4 is 11.6 Å². The Labute approximate surface area is 166 Å². The maximum atomic E-state index is 14.7. The summed E-state index contributed by atoms with van der Waals surface area (Å²) in [6.45, 7) is 2.63. The number of hydrogen-bond acceptors (Lipinski definition) is 4. The van der Waals surface area contributed by atoms with Gasteiger partial charge >= 0.3 is 0 Å². The number of aromatic nitrogens is 3. The van der Waals surface area contributed by atoms with Crippen molar-refractivity contribution in [2.75, 3.05) is 6.54 Å². The molecule has 0 saturated heterocycles. The van der Waals surface area contributed by atoms with E-state index in [2.05, 4.69) is 9.97 Å². The summed E-state index contributed by atoms with van der Waals surface area (Å²) in [6, 6.07) is 13.5. The number of oxazole rings is 1. The number of benzene rings is 1. The third-order valence-corrected chi connectivity index (χ3v) is 5.18. The molecule has 29 heavy (non-hydrogen) atoms. The van der Waals surface area contributed by atoms with E-state index in [1.54, 1.807) is 23.2 Å². The fraction of sp³-hybridized carbons (Fsp3) is 0.227. The minimum absolute atomic E-state index is 0.160. The van der Waals surface area contributed by atoms with Crippen LogP contribution in [0.1, 0.15) is 39.0 Å². The smallest absolute Gasteiger partial charge is 0.277 e. The molecular weight excluding hydrogens is 371 g/mol. The summed E-state index contributed by atoms with van der Waals surface area (Å²) in [5.41, 5.74) is 3.07. The molecule has 0 aliphatic carbocycles. The first kappa shape index (κ1) is 17.6. The van der Waals surface area contributed by atoms with Gasteiger partial charge in [0.15, 0.2) is 11.6 Å². The number of fused-ring (bicyclic) bond motifs is 2. The monoisotopic (exact) mass is 390 g/mol. The van der Waals surface area contributed by atoms with Crippen molar-refractivity contribution in [3.63, 3.8) is 0 Å². The average molecular weight is 390 g/mol. The molecule has 1 aromatic carbocycles. The number of aryl methyl sites for hydroxylation is 1. The molecule has 3 aromatic heterocycles. The number of imidazole rings is 1. The van der Waals surface area contributed by atoms with Crippen LogP contribution in [0.25, 0.3) is 5.65 Å². The first-order valence-electron chi connectivity index (χ1n) is 9.53. The van der Waals surface area contributed by atoms with E-state index in [0.29, 0.717) is 37.5 Å². The predicted molar refractivity (Wildman–Crippen MR) is 104 cm³/mol. The summed E-state index contributed by atoms with van der Waals surface area (Å²) in [4.78, 5) is 23.3. The third-order valence-electron chi connectivity index (χ3n) is 5.18. The zero-order chi connectivity index (χ0) is 20.0. The van der Waals surface area contributed by atoms with Gasteiger partial charge in [-0.3, -0.25) is 9.20 Å². The number of pyridine rings is 1. The molecule has 1 aliphatic rings. The first-order valence-corrected chi connectivity index (χ1v) is 9.53. The van der Waals surface area contributed by atoms with Crippen LogP contribution in [0.4, 0.5) is 4.39 Å². The van der Waals surface area contributed by atoms with Crippen LogP contribution in [0, 0.1) is 12.9 Å². The zero-order valence-corrected chi connectivity index (χ0v) is 15.9. The molecule has 0 spiro atoms. The van der Waals surface area contributed by atoms with E-state index in [-0.39, 0.29) is 5.69 Å². The fourth-order valence-corrected chi connectivity index (χ4v) is 3.67. The number of halogens is 1. The summed E-state index contributed by atoms with van der Waals surface area (Å²) >= 11 is 0. The van der Waals surface area contributed by atoms with Crippen molar-refractivity contribution in [1.82, 2.24) is 19.3 Å². The van der Waals surface area contributed by atoms with Gasteiger partial charge in [0.25, 0.3) is 5.91 Å². The van der Waals surface area contributed by atoms with Crippen molar-refractivity contribution in [1.29, 1.82) is 0 Å². The number of carbonyl (C=O) groups excluding carboxylic acids is 1. The second kappa shape index (κ2) is 6.84. The van der Waals surface area contributed by atoms with E-state index in [1.165, 1.54) is 4.40 Å². The van der Waals surface area contributed by atoms with E-state index in [4.69, 9.17) is 4.42 Å². The minimum Gasteiger partial charge on any atom is -0.445 e. The van der Waals surface area contributed by atoms with Crippen LogP contribution in [0.2, 0.25) is 0 Å². The normalized spacial score (nSPS) is 13.7. The van der Waals surface area contributed by atoms with Crippen LogP contribution >= 0.6 is 0 Å². The number of rotatable bonds is 3. The number of nitrogens with zero attached hydrogens (tertiary/aromatic N) is 4. The van der Waals surface area contributed by atoms with Crippen LogP contribution in [0.5, 0.6) is 0 Å². The van der Waals surface area contributed by atoms with Gasteiger partial charge in [-0.25, -0.2) is 9.97 Å². The molecule has 0 N–H and O–H groups in total. The molecule has 0 atom stereocenters. The molecule has 0 fully saturated rings. The van der Waals surface area contributed by atoms with Crippen molar-refractivity contribution in [2.45, 2.75) is 26.3 Å². The van der Waals surface area contributed by atoms with Crippen LogP contribution < -0.4 is 0 Å². The number of hydrogen-bond donors (Lipinski definition) is 0. The highest BCUT2D eigenvalue weighted by atomic mass is 19.1. The van der Waals surface area contributed by atoms with Gasteiger partial charge in [0.1, 0.15) is 17.1 Å². The molecule has 5 rings (SSSR count). The lowest BCUT2D eigenvalue weighted by Gasteiger charge is -2.24. The summed E-state index contributed by atoms with van der Waals surface area (Å²) in [5, 5.41) is 0. The maximum Gasteiger partial charge on any atom is 0.277 e. The number of carbonyl (C=O) groups is 1. The van der Waals surface area contributed by atoms with Crippen molar-refractivity contribution in [3.8, 4) is 0 Å². The molecule has 0 bridgehead atoms. The van der Waals surface area contributed by atoms with Crippen LogP contribution in [-0.4, -0.2) is 31.7 Å². The zero-order valence-electron chi connectivity index (χ0n) is 15.9. The summed E-state index contributed by atoms with van der Waals surface area (Å²) in [5.74, 6) is 0.360. The highest BCUT2D eigenvalue weighted by Crippen LogP contribution is 2.23. The SMILES string of the molecule is Cc1ccn2c(F)c(C(=O)N3CCc4oc(Cc5ccccc5)nc4C3)nc2c1. The molecular formula is C22H19FN4O2. The Morgan fingerprint density at radius 2 is 2.03 bits per heavy atom. The first-order chi connectivity index (χ1) is 14.1. The van der Waals surface area contributed by atoms with Crippen LogP contribution in [0.15, 0.2) is 53.1 Å². The summed E-state index contributed by atoms with van der Waals surface area (Å²) in [7, 11) is 0. The fourth-order valence-electron chi connectivity index (χ4n) is 3.67.